The number of rotatable bonds is 2. The van der Waals surface area contributed by atoms with Crippen LogP contribution in [-0.4, -0.2) is 26.3 Å². The highest BCUT2D eigenvalue weighted by Crippen LogP contribution is 2.24. The van der Waals surface area contributed by atoms with Crippen LogP contribution in [0, 0.1) is 6.92 Å². The van der Waals surface area contributed by atoms with Crippen LogP contribution < -0.4 is 10.6 Å². The molecule has 1 fully saturated rings. The molecule has 0 aliphatic carbocycles. The van der Waals surface area contributed by atoms with Crippen LogP contribution >= 0.6 is 0 Å². The largest absolute Gasteiger partial charge is 0.399 e. The predicted molar refractivity (Wildman–Crippen MR) is 67.8 cm³/mol. The van der Waals surface area contributed by atoms with Crippen LogP contribution in [-0.2, 0) is 4.74 Å². The Balaban J connectivity index is 2.15. The lowest BCUT2D eigenvalue weighted by atomic mass is 10.1. The second-order valence-electron chi connectivity index (χ2n) is 4.56. The van der Waals surface area contributed by atoms with Crippen molar-refractivity contribution in [1.29, 1.82) is 0 Å². The maximum atomic E-state index is 5.88. The number of hydrogen-bond acceptors (Lipinski definition) is 3. The molecule has 3 heteroatoms. The number of hydrogen-bond donors (Lipinski definition) is 1. The van der Waals surface area contributed by atoms with E-state index in [9.17, 15) is 0 Å². The molecular formula is C13H20N2O. The fourth-order valence-corrected chi connectivity index (χ4v) is 2.28. The number of aryl methyl sites for hydroxylation is 1. The van der Waals surface area contributed by atoms with Crippen molar-refractivity contribution in [3.63, 3.8) is 0 Å². The monoisotopic (exact) mass is 220 g/mol. The molecule has 16 heavy (non-hydrogen) atoms. The first-order valence-corrected chi connectivity index (χ1v) is 5.84. The van der Waals surface area contributed by atoms with Crippen molar-refractivity contribution in [2.24, 2.45) is 0 Å². The summed E-state index contributed by atoms with van der Waals surface area (Å²) in [5.41, 5.74) is 9.15. The van der Waals surface area contributed by atoms with Gasteiger partial charge in [-0.05, 0) is 43.5 Å². The molecule has 0 atom stereocenters. The van der Waals surface area contributed by atoms with E-state index in [2.05, 4.69) is 24.9 Å². The van der Waals surface area contributed by atoms with E-state index in [0.29, 0.717) is 6.04 Å². The van der Waals surface area contributed by atoms with Gasteiger partial charge in [0.2, 0.25) is 0 Å². The highest BCUT2D eigenvalue weighted by Gasteiger charge is 2.18. The van der Waals surface area contributed by atoms with E-state index in [1.54, 1.807) is 0 Å². The number of anilines is 2. The molecule has 1 aromatic carbocycles. The van der Waals surface area contributed by atoms with Gasteiger partial charge in [0.1, 0.15) is 0 Å². The Hall–Kier alpha value is -1.22. The van der Waals surface area contributed by atoms with Crippen LogP contribution in [0.5, 0.6) is 0 Å². The summed E-state index contributed by atoms with van der Waals surface area (Å²) in [7, 11) is 2.14. The van der Waals surface area contributed by atoms with Crippen molar-refractivity contribution in [1.82, 2.24) is 0 Å². The van der Waals surface area contributed by atoms with Gasteiger partial charge < -0.3 is 15.4 Å². The highest BCUT2D eigenvalue weighted by molar-refractivity contribution is 5.58. The number of nitrogen functional groups attached to an aromatic ring is 1. The Morgan fingerprint density at radius 3 is 2.56 bits per heavy atom. The Morgan fingerprint density at radius 2 is 1.94 bits per heavy atom. The minimum absolute atomic E-state index is 0.579. The number of ether oxygens (including phenoxy) is 1. The zero-order chi connectivity index (χ0) is 11.5. The molecule has 2 N–H and O–H groups in total. The van der Waals surface area contributed by atoms with E-state index in [-0.39, 0.29) is 0 Å². The van der Waals surface area contributed by atoms with E-state index < -0.39 is 0 Å². The summed E-state index contributed by atoms with van der Waals surface area (Å²) in [6, 6.07) is 6.81. The van der Waals surface area contributed by atoms with Crippen molar-refractivity contribution >= 4 is 11.4 Å². The summed E-state index contributed by atoms with van der Waals surface area (Å²) in [6.45, 7) is 3.82. The zero-order valence-corrected chi connectivity index (χ0v) is 10.1. The molecule has 0 radical (unpaired) electrons. The smallest absolute Gasteiger partial charge is 0.0485 e. The third-order valence-electron chi connectivity index (χ3n) is 3.23. The summed E-state index contributed by atoms with van der Waals surface area (Å²) in [5.74, 6) is 0. The Morgan fingerprint density at radius 1 is 1.25 bits per heavy atom. The van der Waals surface area contributed by atoms with Gasteiger partial charge in [0.05, 0.1) is 0 Å². The van der Waals surface area contributed by atoms with Gasteiger partial charge in [0, 0.05) is 37.7 Å². The topological polar surface area (TPSA) is 38.5 Å². The van der Waals surface area contributed by atoms with Crippen molar-refractivity contribution in [3.05, 3.63) is 23.8 Å². The lowest BCUT2D eigenvalue weighted by Gasteiger charge is -2.33. The molecule has 0 amide bonds. The van der Waals surface area contributed by atoms with Gasteiger partial charge in [0.25, 0.3) is 0 Å². The molecule has 0 aromatic heterocycles. The minimum atomic E-state index is 0.579. The molecule has 1 saturated heterocycles. The van der Waals surface area contributed by atoms with Gasteiger partial charge in [-0.25, -0.2) is 0 Å². The van der Waals surface area contributed by atoms with Crippen LogP contribution in [0.1, 0.15) is 18.4 Å². The number of nitrogens with two attached hydrogens (primary N) is 1. The van der Waals surface area contributed by atoms with Gasteiger partial charge >= 0.3 is 0 Å². The van der Waals surface area contributed by atoms with Crippen LogP contribution in [0.2, 0.25) is 0 Å². The fraction of sp³-hybridized carbons (Fsp3) is 0.538. The third-order valence-corrected chi connectivity index (χ3v) is 3.23. The van der Waals surface area contributed by atoms with Crippen molar-refractivity contribution in [2.45, 2.75) is 25.8 Å². The first kappa shape index (κ1) is 11.3. The summed E-state index contributed by atoms with van der Waals surface area (Å²) < 4.78 is 5.38. The van der Waals surface area contributed by atoms with Crippen molar-refractivity contribution in [3.8, 4) is 0 Å². The maximum Gasteiger partial charge on any atom is 0.0485 e. The van der Waals surface area contributed by atoms with E-state index >= 15 is 0 Å². The summed E-state index contributed by atoms with van der Waals surface area (Å²) in [6.07, 6.45) is 2.20. The molecule has 1 aromatic rings. The first-order valence-electron chi connectivity index (χ1n) is 5.84. The van der Waals surface area contributed by atoms with Gasteiger partial charge in [-0.15, -0.1) is 0 Å². The van der Waals surface area contributed by atoms with Gasteiger partial charge in [-0.1, -0.05) is 0 Å². The highest BCUT2D eigenvalue weighted by atomic mass is 16.5. The van der Waals surface area contributed by atoms with Crippen LogP contribution in [0.4, 0.5) is 11.4 Å². The lowest BCUT2D eigenvalue weighted by Crippen LogP contribution is -2.36. The Bertz CT molecular complexity index is 339. The second kappa shape index (κ2) is 4.74. The lowest BCUT2D eigenvalue weighted by molar-refractivity contribution is 0.0855. The third kappa shape index (κ3) is 2.47. The van der Waals surface area contributed by atoms with E-state index in [0.717, 1.165) is 31.7 Å². The van der Waals surface area contributed by atoms with Crippen LogP contribution in [0.25, 0.3) is 0 Å². The molecule has 0 bridgehead atoms. The molecule has 1 aliphatic heterocycles. The molecule has 2 rings (SSSR count). The second-order valence-corrected chi connectivity index (χ2v) is 4.56. The van der Waals surface area contributed by atoms with E-state index in [1.165, 1.54) is 11.3 Å². The predicted octanol–water partition coefficient (Wildman–Crippen LogP) is 2.19. The van der Waals surface area contributed by atoms with Gasteiger partial charge in [0.15, 0.2) is 0 Å². The SMILES string of the molecule is Cc1cc(N)cc(N(C)C2CCOCC2)c1. The summed E-state index contributed by atoms with van der Waals surface area (Å²) >= 11 is 0. The fourth-order valence-electron chi connectivity index (χ4n) is 2.28. The first-order chi connectivity index (χ1) is 7.66. The van der Waals surface area contributed by atoms with Gasteiger partial charge in [-0.2, -0.15) is 0 Å². The van der Waals surface area contributed by atoms with Gasteiger partial charge in [-0.3, -0.25) is 0 Å². The molecule has 1 aliphatic rings. The molecule has 88 valence electrons. The molecule has 0 unspecified atom stereocenters. The quantitative estimate of drug-likeness (QED) is 0.776. The molecule has 0 spiro atoms. The average molecular weight is 220 g/mol. The number of benzene rings is 1. The van der Waals surface area contributed by atoms with E-state index in [4.69, 9.17) is 10.5 Å². The molecular weight excluding hydrogens is 200 g/mol. The Kier molecular flexibility index (Phi) is 3.34. The molecule has 0 saturated carbocycles. The normalized spacial score (nSPS) is 17.4. The van der Waals surface area contributed by atoms with Crippen LogP contribution in [0.15, 0.2) is 18.2 Å². The van der Waals surface area contributed by atoms with Crippen molar-refractivity contribution < 1.29 is 4.74 Å². The standard InChI is InChI=1S/C13H20N2O/c1-10-7-11(14)9-13(8-10)15(2)12-3-5-16-6-4-12/h7-9,12H,3-6,14H2,1-2H3. The van der Waals surface area contributed by atoms with Crippen LogP contribution in [0.3, 0.4) is 0 Å². The minimum Gasteiger partial charge on any atom is -0.399 e. The Labute approximate surface area is 97.2 Å². The van der Waals surface area contributed by atoms with E-state index in [1.807, 2.05) is 12.1 Å². The molecule has 3 nitrogen and oxygen atoms in total. The number of nitrogens with zero attached hydrogens (tertiary/aromatic N) is 1. The molecule has 1 heterocycles. The average Bonchev–Trinajstić information content (AvgIpc) is 2.28. The maximum absolute atomic E-state index is 5.88. The summed E-state index contributed by atoms with van der Waals surface area (Å²) in [4.78, 5) is 2.33. The summed E-state index contributed by atoms with van der Waals surface area (Å²) in [5, 5.41) is 0. The zero-order valence-electron chi connectivity index (χ0n) is 10.1. The van der Waals surface area contributed by atoms with Crippen molar-refractivity contribution in [2.75, 3.05) is 30.9 Å².